The smallest absolute Gasteiger partial charge is 0.240 e. The van der Waals surface area contributed by atoms with Crippen LogP contribution in [0.2, 0.25) is 5.02 Å². The lowest BCUT2D eigenvalue weighted by Crippen LogP contribution is -2.37. The second-order valence-corrected chi connectivity index (χ2v) is 6.60. The van der Waals surface area contributed by atoms with E-state index in [4.69, 9.17) is 11.6 Å². The van der Waals surface area contributed by atoms with Crippen LogP contribution in [0.5, 0.6) is 0 Å². The van der Waals surface area contributed by atoms with Crippen molar-refractivity contribution in [2.45, 2.75) is 38.1 Å². The molecule has 2 aliphatic rings. The summed E-state index contributed by atoms with van der Waals surface area (Å²) in [4.78, 5) is 37.0. The summed E-state index contributed by atoms with van der Waals surface area (Å²) >= 11 is 5.97. The molecule has 1 unspecified atom stereocenters. The molecule has 1 aromatic carbocycles. The molecule has 0 saturated carbocycles. The van der Waals surface area contributed by atoms with Gasteiger partial charge in [-0.1, -0.05) is 17.7 Å². The summed E-state index contributed by atoms with van der Waals surface area (Å²) in [5.41, 5.74) is 3.97. The van der Waals surface area contributed by atoms with Gasteiger partial charge in [0.05, 0.1) is 6.04 Å². The number of nitrogens with one attached hydrogen (secondary N) is 2. The SMILES string of the molecule is O=C1CCC(CCC(=O)NC2CC(=O)N(c3cccc(Cl)c3)C2)=NN1. The number of halogens is 1. The molecule has 2 N–H and O–H groups in total. The number of hydrogen-bond donors (Lipinski definition) is 2. The van der Waals surface area contributed by atoms with Gasteiger partial charge in [0, 0.05) is 42.2 Å². The largest absolute Gasteiger partial charge is 0.351 e. The first-order valence-electron chi connectivity index (χ1n) is 8.21. The van der Waals surface area contributed by atoms with Crippen molar-refractivity contribution in [1.29, 1.82) is 0 Å². The van der Waals surface area contributed by atoms with Crippen LogP contribution in [0.1, 0.15) is 32.1 Å². The molecule has 132 valence electrons. The minimum absolute atomic E-state index is 0.0352. The van der Waals surface area contributed by atoms with E-state index in [-0.39, 0.29) is 36.6 Å². The number of carbonyl (C=O) groups is 3. The highest BCUT2D eigenvalue weighted by molar-refractivity contribution is 6.30. The fourth-order valence-electron chi connectivity index (χ4n) is 2.95. The lowest BCUT2D eigenvalue weighted by Gasteiger charge is -2.17. The van der Waals surface area contributed by atoms with E-state index < -0.39 is 0 Å². The van der Waals surface area contributed by atoms with E-state index in [1.54, 1.807) is 23.1 Å². The molecule has 7 nitrogen and oxygen atoms in total. The molecule has 1 atom stereocenters. The molecule has 1 aromatic rings. The van der Waals surface area contributed by atoms with E-state index in [1.165, 1.54) is 0 Å². The van der Waals surface area contributed by atoms with Crippen LogP contribution < -0.4 is 15.6 Å². The Kier molecular flexibility index (Phi) is 5.33. The Bertz CT molecular complexity index is 734. The van der Waals surface area contributed by atoms with Gasteiger partial charge in [0.1, 0.15) is 0 Å². The van der Waals surface area contributed by atoms with E-state index in [1.807, 2.05) is 6.07 Å². The summed E-state index contributed by atoms with van der Waals surface area (Å²) in [5, 5.41) is 7.41. The average Bonchev–Trinajstić information content (AvgIpc) is 2.94. The fraction of sp³-hybridized carbons (Fsp3) is 0.412. The standard InChI is InChI=1S/C17H19ClN4O3/c18-11-2-1-3-14(8-11)22-10-13(9-17(22)25)19-15(23)6-4-12-5-7-16(24)21-20-12/h1-3,8,13H,4-7,9-10H2,(H,19,23)(H,21,24). The van der Waals surface area contributed by atoms with Gasteiger partial charge < -0.3 is 10.2 Å². The molecular weight excluding hydrogens is 344 g/mol. The van der Waals surface area contributed by atoms with Gasteiger partial charge in [-0.25, -0.2) is 5.43 Å². The van der Waals surface area contributed by atoms with E-state index in [2.05, 4.69) is 15.8 Å². The molecule has 3 rings (SSSR count). The molecule has 8 heteroatoms. The monoisotopic (exact) mass is 362 g/mol. The number of amides is 3. The van der Waals surface area contributed by atoms with Crippen molar-refractivity contribution in [1.82, 2.24) is 10.7 Å². The van der Waals surface area contributed by atoms with Crippen LogP contribution in [0.4, 0.5) is 5.69 Å². The Balaban J connectivity index is 1.49. The first-order valence-corrected chi connectivity index (χ1v) is 8.58. The summed E-state index contributed by atoms with van der Waals surface area (Å²) < 4.78 is 0. The van der Waals surface area contributed by atoms with Gasteiger partial charge >= 0.3 is 0 Å². The van der Waals surface area contributed by atoms with Crippen LogP contribution in [-0.4, -0.2) is 36.0 Å². The molecule has 2 aliphatic heterocycles. The predicted molar refractivity (Wildman–Crippen MR) is 94.4 cm³/mol. The molecule has 0 radical (unpaired) electrons. The van der Waals surface area contributed by atoms with E-state index in [9.17, 15) is 14.4 Å². The van der Waals surface area contributed by atoms with Crippen molar-refractivity contribution in [3.63, 3.8) is 0 Å². The van der Waals surface area contributed by atoms with Crippen LogP contribution in [0, 0.1) is 0 Å². The molecular formula is C17H19ClN4O3. The zero-order chi connectivity index (χ0) is 17.8. The maximum atomic E-state index is 12.2. The van der Waals surface area contributed by atoms with E-state index in [0.29, 0.717) is 30.8 Å². The minimum Gasteiger partial charge on any atom is -0.351 e. The van der Waals surface area contributed by atoms with Gasteiger partial charge in [-0.15, -0.1) is 0 Å². The molecule has 1 saturated heterocycles. The van der Waals surface area contributed by atoms with Gasteiger partial charge in [0.2, 0.25) is 17.7 Å². The lowest BCUT2D eigenvalue weighted by atomic mass is 10.1. The summed E-state index contributed by atoms with van der Waals surface area (Å²) in [6.45, 7) is 0.432. The molecule has 0 aliphatic carbocycles. The molecule has 25 heavy (non-hydrogen) atoms. The van der Waals surface area contributed by atoms with Crippen molar-refractivity contribution >= 4 is 40.7 Å². The third-order valence-electron chi connectivity index (χ3n) is 4.23. The normalized spacial score (nSPS) is 20.3. The Morgan fingerprint density at radius 2 is 2.20 bits per heavy atom. The summed E-state index contributed by atoms with van der Waals surface area (Å²) in [6, 6.07) is 6.89. The van der Waals surface area contributed by atoms with Crippen LogP contribution in [0.15, 0.2) is 29.4 Å². The second-order valence-electron chi connectivity index (χ2n) is 6.17. The highest BCUT2D eigenvalue weighted by Gasteiger charge is 2.31. The van der Waals surface area contributed by atoms with Crippen molar-refractivity contribution in [2.75, 3.05) is 11.4 Å². The number of carbonyl (C=O) groups excluding carboxylic acids is 3. The van der Waals surface area contributed by atoms with Gasteiger partial charge in [-0.05, 0) is 31.0 Å². The lowest BCUT2D eigenvalue weighted by molar-refractivity contribution is -0.122. The average molecular weight is 363 g/mol. The quantitative estimate of drug-likeness (QED) is 0.833. The van der Waals surface area contributed by atoms with Crippen LogP contribution in [0.25, 0.3) is 0 Å². The van der Waals surface area contributed by atoms with Gasteiger partial charge in [-0.3, -0.25) is 14.4 Å². The fourth-order valence-corrected chi connectivity index (χ4v) is 3.13. The summed E-state index contributed by atoms with van der Waals surface area (Å²) in [7, 11) is 0. The maximum absolute atomic E-state index is 12.2. The van der Waals surface area contributed by atoms with Crippen molar-refractivity contribution in [3.05, 3.63) is 29.3 Å². The summed E-state index contributed by atoms with van der Waals surface area (Å²) in [6.07, 6.45) is 2.06. The number of rotatable bonds is 5. The Hall–Kier alpha value is -2.41. The molecule has 0 aromatic heterocycles. The van der Waals surface area contributed by atoms with Crippen LogP contribution in [-0.2, 0) is 14.4 Å². The highest BCUT2D eigenvalue weighted by Crippen LogP contribution is 2.24. The Labute approximate surface area is 150 Å². The first-order chi connectivity index (χ1) is 12.0. The highest BCUT2D eigenvalue weighted by atomic mass is 35.5. The Morgan fingerprint density at radius 3 is 2.92 bits per heavy atom. The van der Waals surface area contributed by atoms with Crippen molar-refractivity contribution in [3.8, 4) is 0 Å². The summed E-state index contributed by atoms with van der Waals surface area (Å²) in [5.74, 6) is -0.254. The maximum Gasteiger partial charge on any atom is 0.240 e. The number of benzene rings is 1. The Morgan fingerprint density at radius 1 is 1.36 bits per heavy atom. The number of hydrazone groups is 1. The van der Waals surface area contributed by atoms with Crippen molar-refractivity contribution in [2.24, 2.45) is 5.10 Å². The number of hydrogen-bond acceptors (Lipinski definition) is 4. The third kappa shape index (κ3) is 4.57. The number of nitrogens with zero attached hydrogens (tertiary/aromatic N) is 2. The van der Waals surface area contributed by atoms with E-state index >= 15 is 0 Å². The van der Waals surface area contributed by atoms with E-state index in [0.717, 1.165) is 11.4 Å². The first kappa shape index (κ1) is 17.4. The van der Waals surface area contributed by atoms with Gasteiger partial charge in [-0.2, -0.15) is 5.10 Å². The third-order valence-corrected chi connectivity index (χ3v) is 4.47. The minimum atomic E-state index is -0.216. The second kappa shape index (κ2) is 7.65. The predicted octanol–water partition coefficient (Wildman–Crippen LogP) is 1.61. The molecule has 0 bridgehead atoms. The zero-order valence-corrected chi connectivity index (χ0v) is 14.4. The molecule has 2 heterocycles. The van der Waals surface area contributed by atoms with Crippen LogP contribution >= 0.6 is 11.6 Å². The van der Waals surface area contributed by atoms with Gasteiger partial charge in [0.15, 0.2) is 0 Å². The zero-order valence-electron chi connectivity index (χ0n) is 13.6. The molecule has 0 spiro atoms. The van der Waals surface area contributed by atoms with Crippen molar-refractivity contribution < 1.29 is 14.4 Å². The molecule has 1 fully saturated rings. The van der Waals surface area contributed by atoms with Crippen LogP contribution in [0.3, 0.4) is 0 Å². The topological polar surface area (TPSA) is 90.9 Å². The number of anilines is 1. The van der Waals surface area contributed by atoms with Gasteiger partial charge in [0.25, 0.3) is 0 Å². The molecule has 3 amide bonds.